The Bertz CT molecular complexity index is 1180. The minimum Gasteiger partial charge on any atom is -0.718 e. The van der Waals surface area contributed by atoms with Crippen LogP contribution in [0.1, 0.15) is 49.3 Å². The van der Waals surface area contributed by atoms with E-state index in [-0.39, 0.29) is 30.5 Å². The number of benzene rings is 2. The normalized spacial score (nSPS) is 12.7. The number of carbonyl (C=O) groups excluding carboxylic acids is 4. The zero-order valence-corrected chi connectivity index (χ0v) is 18.1. The van der Waals surface area contributed by atoms with Crippen molar-refractivity contribution in [3.63, 3.8) is 0 Å². The molecule has 162 valence electrons. The lowest BCUT2D eigenvalue weighted by atomic mass is 10.0. The van der Waals surface area contributed by atoms with Crippen molar-refractivity contribution in [3.05, 3.63) is 88.9 Å². The summed E-state index contributed by atoms with van der Waals surface area (Å²) in [6.07, 6.45) is 2.32. The first-order valence-electron chi connectivity index (χ1n) is 10.1. The minimum atomic E-state index is -0.877. The summed E-state index contributed by atoms with van der Waals surface area (Å²) in [5, 5.41) is -0.877. The Balaban J connectivity index is 1.65. The molecule has 4 rings (SSSR count). The molecule has 0 fully saturated rings. The van der Waals surface area contributed by atoms with Gasteiger partial charge in [-0.05, 0) is 54.3 Å². The molecule has 0 aliphatic carbocycles. The zero-order chi connectivity index (χ0) is 22.8. The zero-order valence-electron chi connectivity index (χ0n) is 17.2. The molecular formula is C24H19N2O5S-. The van der Waals surface area contributed by atoms with Gasteiger partial charge in [0.25, 0.3) is 17.7 Å². The van der Waals surface area contributed by atoms with Crippen LogP contribution < -0.4 is 4.90 Å². The van der Waals surface area contributed by atoms with Crippen molar-refractivity contribution >= 4 is 41.3 Å². The van der Waals surface area contributed by atoms with Crippen molar-refractivity contribution in [2.24, 2.45) is 0 Å². The second kappa shape index (κ2) is 8.76. The highest BCUT2D eigenvalue weighted by Crippen LogP contribution is 2.28. The lowest BCUT2D eigenvalue weighted by Crippen LogP contribution is -2.36. The van der Waals surface area contributed by atoms with Gasteiger partial charge in [-0.1, -0.05) is 31.2 Å². The van der Waals surface area contributed by atoms with Gasteiger partial charge in [0.1, 0.15) is 5.24 Å². The number of nitrogens with zero attached hydrogens (tertiary/aromatic N) is 2. The topological polar surface area (TPSA) is 87.9 Å². The molecule has 0 radical (unpaired) electrons. The van der Waals surface area contributed by atoms with Gasteiger partial charge in [0.15, 0.2) is 5.76 Å². The summed E-state index contributed by atoms with van der Waals surface area (Å²) in [5.41, 5.74) is 2.65. The smallest absolute Gasteiger partial charge is 0.299 e. The average Bonchev–Trinajstić information content (AvgIpc) is 3.41. The van der Waals surface area contributed by atoms with E-state index in [9.17, 15) is 19.2 Å². The molecule has 3 aromatic rings. The van der Waals surface area contributed by atoms with Crippen molar-refractivity contribution in [2.75, 3.05) is 11.4 Å². The van der Waals surface area contributed by atoms with Crippen LogP contribution in [0.4, 0.5) is 10.5 Å². The van der Waals surface area contributed by atoms with Crippen LogP contribution in [-0.2, 0) is 25.5 Å². The Morgan fingerprint density at radius 3 is 2.25 bits per heavy atom. The van der Waals surface area contributed by atoms with Crippen LogP contribution in [0.25, 0.3) is 0 Å². The van der Waals surface area contributed by atoms with Crippen LogP contribution >= 0.6 is 0 Å². The Hall–Kier alpha value is -3.78. The molecule has 0 bridgehead atoms. The molecular weight excluding hydrogens is 428 g/mol. The van der Waals surface area contributed by atoms with E-state index in [1.165, 1.54) is 17.2 Å². The number of furan rings is 1. The summed E-state index contributed by atoms with van der Waals surface area (Å²) in [6.45, 7) is 2.08. The van der Waals surface area contributed by atoms with Gasteiger partial charge in [-0.3, -0.25) is 24.2 Å². The lowest BCUT2D eigenvalue weighted by molar-refractivity contribution is 0.0655. The fraction of sp³-hybridized carbons (Fsp3) is 0.167. The molecule has 7 nitrogen and oxygen atoms in total. The standard InChI is InChI=1S/C24H20N2O5S/c1-2-15-9-10-19(26(24(30)32)23(29)20-8-5-13-31-20)16(14-15)11-12-25-21(27)17-6-3-4-7-18(17)22(25)28/h3-10,13-14H,2,11-12H2,1H3,(H,30,32)/p-1. The second-order valence-corrected chi connectivity index (χ2v) is 7.61. The molecule has 1 aromatic heterocycles. The molecule has 0 saturated heterocycles. The number of fused-ring (bicyclic) bond motifs is 1. The highest BCUT2D eigenvalue weighted by atomic mass is 32.1. The van der Waals surface area contributed by atoms with Gasteiger partial charge in [0, 0.05) is 6.54 Å². The SMILES string of the molecule is CCc1ccc(N(C(=O)[S-])C(=O)c2ccco2)c(CCN2C(=O)c3ccccc3C2=O)c1. The van der Waals surface area contributed by atoms with Gasteiger partial charge in [0.2, 0.25) is 0 Å². The van der Waals surface area contributed by atoms with Gasteiger partial charge in [-0.15, -0.1) is 0 Å². The van der Waals surface area contributed by atoms with E-state index >= 15 is 0 Å². The lowest BCUT2D eigenvalue weighted by Gasteiger charge is -2.27. The Morgan fingerprint density at radius 1 is 1.00 bits per heavy atom. The molecule has 0 unspecified atom stereocenters. The predicted octanol–water partition coefficient (Wildman–Crippen LogP) is 3.99. The molecule has 8 heteroatoms. The maximum Gasteiger partial charge on any atom is 0.299 e. The predicted molar refractivity (Wildman–Crippen MR) is 120 cm³/mol. The number of hydrogen-bond donors (Lipinski definition) is 0. The number of carbonyl (C=O) groups is 4. The average molecular weight is 447 g/mol. The van der Waals surface area contributed by atoms with Crippen LogP contribution in [0, 0.1) is 0 Å². The number of imide groups is 2. The van der Waals surface area contributed by atoms with E-state index in [1.54, 1.807) is 36.4 Å². The minimum absolute atomic E-state index is 0.0194. The maximum absolute atomic E-state index is 12.9. The van der Waals surface area contributed by atoms with Crippen molar-refractivity contribution in [2.45, 2.75) is 19.8 Å². The molecule has 1 aliphatic rings. The van der Waals surface area contributed by atoms with E-state index < -0.39 is 11.1 Å². The van der Waals surface area contributed by atoms with Crippen LogP contribution in [0.3, 0.4) is 0 Å². The second-order valence-electron chi connectivity index (χ2n) is 7.26. The summed E-state index contributed by atoms with van der Waals surface area (Å²) in [4.78, 5) is 52.6. The summed E-state index contributed by atoms with van der Waals surface area (Å²) in [6, 6.07) is 15.0. The van der Waals surface area contributed by atoms with E-state index in [0.717, 1.165) is 16.9 Å². The Kier molecular flexibility index (Phi) is 5.87. The number of anilines is 1. The van der Waals surface area contributed by atoms with E-state index in [2.05, 4.69) is 0 Å². The first kappa shape index (κ1) is 21.5. The van der Waals surface area contributed by atoms with Crippen LogP contribution in [0.2, 0.25) is 0 Å². The number of hydrogen-bond acceptors (Lipinski definition) is 6. The van der Waals surface area contributed by atoms with Crippen molar-refractivity contribution in [3.8, 4) is 0 Å². The summed E-state index contributed by atoms with van der Waals surface area (Å²) < 4.78 is 5.15. The first-order chi connectivity index (χ1) is 15.4. The number of aryl methyl sites for hydroxylation is 1. The molecule has 4 amide bonds. The monoisotopic (exact) mass is 447 g/mol. The van der Waals surface area contributed by atoms with Crippen LogP contribution in [-0.4, -0.2) is 34.4 Å². The quantitative estimate of drug-likeness (QED) is 0.419. The molecule has 32 heavy (non-hydrogen) atoms. The highest BCUT2D eigenvalue weighted by Gasteiger charge is 2.35. The van der Waals surface area contributed by atoms with Crippen molar-refractivity contribution in [1.82, 2.24) is 4.90 Å². The van der Waals surface area contributed by atoms with Crippen LogP contribution in [0.5, 0.6) is 0 Å². The summed E-state index contributed by atoms with van der Waals surface area (Å²) >= 11 is 4.84. The van der Waals surface area contributed by atoms with E-state index in [4.69, 9.17) is 17.0 Å². The van der Waals surface area contributed by atoms with E-state index in [0.29, 0.717) is 22.4 Å². The number of rotatable bonds is 6. The van der Waals surface area contributed by atoms with Gasteiger partial charge >= 0.3 is 0 Å². The molecule has 2 heterocycles. The molecule has 0 N–H and O–H groups in total. The summed E-state index contributed by atoms with van der Waals surface area (Å²) in [5.74, 6) is -1.42. The van der Waals surface area contributed by atoms with Crippen LogP contribution in [0.15, 0.2) is 65.3 Å². The third-order valence-electron chi connectivity index (χ3n) is 5.39. The fourth-order valence-electron chi connectivity index (χ4n) is 3.75. The largest absolute Gasteiger partial charge is 0.718 e. The highest BCUT2D eigenvalue weighted by molar-refractivity contribution is 7.77. The Labute approximate surface area is 190 Å². The van der Waals surface area contributed by atoms with Gasteiger partial charge in [-0.25, -0.2) is 0 Å². The number of amides is 4. The van der Waals surface area contributed by atoms with Gasteiger partial charge in [0.05, 0.1) is 23.1 Å². The van der Waals surface area contributed by atoms with Gasteiger partial charge < -0.3 is 21.8 Å². The third kappa shape index (κ3) is 3.80. The molecule has 0 atom stereocenters. The molecule has 0 saturated carbocycles. The van der Waals surface area contributed by atoms with Crippen molar-refractivity contribution in [1.29, 1.82) is 0 Å². The molecule has 1 aliphatic heterocycles. The van der Waals surface area contributed by atoms with E-state index in [1.807, 2.05) is 19.1 Å². The fourth-order valence-corrected chi connectivity index (χ4v) is 3.93. The molecule has 0 spiro atoms. The summed E-state index contributed by atoms with van der Waals surface area (Å²) in [7, 11) is 0. The maximum atomic E-state index is 12.9. The van der Waals surface area contributed by atoms with Crippen molar-refractivity contribution < 1.29 is 23.6 Å². The van der Waals surface area contributed by atoms with Gasteiger partial charge in [-0.2, -0.15) is 0 Å². The first-order valence-corrected chi connectivity index (χ1v) is 10.5. The molecule has 2 aromatic carbocycles. The third-order valence-corrected chi connectivity index (χ3v) is 5.58. The Morgan fingerprint density at radius 2 is 1.69 bits per heavy atom.